The third kappa shape index (κ3) is 5.09. The van der Waals surface area contributed by atoms with Gasteiger partial charge in [-0.25, -0.2) is 0 Å². The quantitative estimate of drug-likeness (QED) is 0.437. The van der Waals surface area contributed by atoms with Crippen LogP contribution in [0.3, 0.4) is 0 Å². The van der Waals surface area contributed by atoms with Gasteiger partial charge in [-0.2, -0.15) is 0 Å². The molecule has 2 N–H and O–H groups in total. The highest BCUT2D eigenvalue weighted by Crippen LogP contribution is 2.40. The zero-order valence-corrected chi connectivity index (χ0v) is 12.4. The Morgan fingerprint density at radius 2 is 2.00 bits per heavy atom. The first-order chi connectivity index (χ1) is 9.15. The maximum atomic E-state index is 11.0. The van der Waals surface area contributed by atoms with Crippen LogP contribution in [0.4, 0.5) is 0 Å². The normalized spacial score (nSPS) is 18.2. The molecule has 0 aromatic rings. The van der Waals surface area contributed by atoms with Gasteiger partial charge in [0, 0.05) is 20.1 Å². The average Bonchev–Trinajstić information content (AvgIpc) is 2.91. The minimum Gasteiger partial charge on any atom is -0.469 e. The summed E-state index contributed by atoms with van der Waals surface area (Å²) in [7, 11) is 3.15. The molecule has 0 saturated heterocycles. The lowest BCUT2D eigenvalue weighted by Crippen LogP contribution is -2.43. The first-order valence-electron chi connectivity index (χ1n) is 7.17. The van der Waals surface area contributed by atoms with Gasteiger partial charge in [0.25, 0.3) is 0 Å². The van der Waals surface area contributed by atoms with Gasteiger partial charge < -0.3 is 15.4 Å². The van der Waals surface area contributed by atoms with Crippen LogP contribution in [0.5, 0.6) is 0 Å². The molecule has 1 aliphatic rings. The summed E-state index contributed by atoms with van der Waals surface area (Å²) in [6.07, 6.45) is 6.84. The Balaban J connectivity index is 2.30. The Morgan fingerprint density at radius 1 is 1.32 bits per heavy atom. The fourth-order valence-electron chi connectivity index (χ4n) is 2.66. The second-order valence-electron chi connectivity index (χ2n) is 5.24. The van der Waals surface area contributed by atoms with E-state index in [1.54, 1.807) is 7.05 Å². The zero-order chi connectivity index (χ0) is 14.1. The number of rotatable bonds is 6. The number of methoxy groups -OCH3 is 1. The van der Waals surface area contributed by atoms with Crippen LogP contribution in [0.1, 0.15) is 45.4 Å². The largest absolute Gasteiger partial charge is 0.469 e. The number of esters is 1. The molecule has 0 heterocycles. The lowest BCUT2D eigenvalue weighted by molar-refractivity contribution is -0.140. The second kappa shape index (κ2) is 8.02. The molecule has 1 saturated carbocycles. The summed E-state index contributed by atoms with van der Waals surface area (Å²) < 4.78 is 4.60. The minimum absolute atomic E-state index is 0.205. The lowest BCUT2D eigenvalue weighted by atomic mass is 9.83. The molecule has 1 fully saturated rings. The molecule has 0 aromatic heterocycles. The van der Waals surface area contributed by atoms with Crippen molar-refractivity contribution < 1.29 is 9.53 Å². The van der Waals surface area contributed by atoms with Gasteiger partial charge in [0.2, 0.25) is 0 Å². The van der Waals surface area contributed by atoms with Crippen molar-refractivity contribution in [2.24, 2.45) is 10.4 Å². The maximum Gasteiger partial charge on any atom is 0.307 e. The van der Waals surface area contributed by atoms with Crippen LogP contribution >= 0.6 is 0 Å². The van der Waals surface area contributed by atoms with Gasteiger partial charge in [0.1, 0.15) is 0 Å². The van der Waals surface area contributed by atoms with Crippen molar-refractivity contribution in [2.75, 3.05) is 27.2 Å². The minimum atomic E-state index is -0.205. The number of carbonyl (C=O) groups excluding carboxylic acids is 1. The topological polar surface area (TPSA) is 62.7 Å². The van der Waals surface area contributed by atoms with Crippen LogP contribution in [-0.4, -0.2) is 39.2 Å². The number of hydrogen-bond acceptors (Lipinski definition) is 3. The number of aliphatic imine (C=N–C) groups is 1. The van der Waals surface area contributed by atoms with E-state index < -0.39 is 0 Å². The van der Waals surface area contributed by atoms with Gasteiger partial charge in [0.15, 0.2) is 5.96 Å². The highest BCUT2D eigenvalue weighted by atomic mass is 16.5. The van der Waals surface area contributed by atoms with Crippen LogP contribution in [0, 0.1) is 5.41 Å². The number of nitrogens with zero attached hydrogens (tertiary/aromatic N) is 1. The highest BCUT2D eigenvalue weighted by molar-refractivity contribution is 5.80. The number of nitrogens with one attached hydrogen (secondary N) is 2. The van der Waals surface area contributed by atoms with Crippen molar-refractivity contribution >= 4 is 11.9 Å². The Morgan fingerprint density at radius 3 is 2.53 bits per heavy atom. The van der Waals surface area contributed by atoms with E-state index in [0.29, 0.717) is 18.4 Å². The predicted molar refractivity (Wildman–Crippen MR) is 77.2 cm³/mol. The molecule has 0 atom stereocenters. The fourth-order valence-corrected chi connectivity index (χ4v) is 2.66. The van der Waals surface area contributed by atoms with Gasteiger partial charge in [-0.1, -0.05) is 19.8 Å². The van der Waals surface area contributed by atoms with E-state index in [1.807, 2.05) is 0 Å². The van der Waals surface area contributed by atoms with Crippen molar-refractivity contribution in [1.82, 2.24) is 10.6 Å². The monoisotopic (exact) mass is 269 g/mol. The van der Waals surface area contributed by atoms with E-state index in [-0.39, 0.29) is 5.97 Å². The third-order valence-electron chi connectivity index (χ3n) is 4.12. The van der Waals surface area contributed by atoms with Crippen molar-refractivity contribution in [2.45, 2.75) is 45.4 Å². The number of hydrogen-bond donors (Lipinski definition) is 2. The first kappa shape index (κ1) is 15.8. The Kier molecular flexibility index (Phi) is 6.67. The van der Waals surface area contributed by atoms with Gasteiger partial charge >= 0.3 is 5.97 Å². The summed E-state index contributed by atoms with van der Waals surface area (Å²) in [5, 5.41) is 6.52. The lowest BCUT2D eigenvalue weighted by Gasteiger charge is -2.28. The molecule has 0 unspecified atom stereocenters. The Bertz CT molecular complexity index is 310. The summed E-state index contributed by atoms with van der Waals surface area (Å²) in [5.41, 5.74) is 0.431. The van der Waals surface area contributed by atoms with Crippen molar-refractivity contribution in [1.29, 1.82) is 0 Å². The van der Waals surface area contributed by atoms with E-state index >= 15 is 0 Å². The van der Waals surface area contributed by atoms with E-state index in [4.69, 9.17) is 0 Å². The molecule has 0 bridgehead atoms. The maximum absolute atomic E-state index is 11.0. The molecular weight excluding hydrogens is 242 g/mol. The molecule has 1 aliphatic carbocycles. The standard InChI is InChI=1S/C14H27N3O2/c1-4-14(8-5-6-9-14)11-17-13(15-2)16-10-7-12(18)19-3/h4-11H2,1-3H3,(H2,15,16,17). The average molecular weight is 269 g/mol. The van der Waals surface area contributed by atoms with Crippen LogP contribution in [0.15, 0.2) is 4.99 Å². The molecule has 5 nitrogen and oxygen atoms in total. The van der Waals surface area contributed by atoms with Crippen LogP contribution in [0.25, 0.3) is 0 Å². The van der Waals surface area contributed by atoms with Crippen molar-refractivity contribution in [3.63, 3.8) is 0 Å². The highest BCUT2D eigenvalue weighted by Gasteiger charge is 2.31. The van der Waals surface area contributed by atoms with E-state index in [2.05, 4.69) is 27.3 Å². The summed E-state index contributed by atoms with van der Waals surface area (Å²) in [5.74, 6) is 0.562. The Labute approximate surface area is 116 Å². The Hall–Kier alpha value is -1.26. The van der Waals surface area contributed by atoms with Crippen LogP contribution < -0.4 is 10.6 Å². The SMILES string of the molecule is CCC1(CNC(=NC)NCCC(=O)OC)CCCC1. The van der Waals surface area contributed by atoms with E-state index in [1.165, 1.54) is 39.2 Å². The molecule has 5 heteroatoms. The molecule has 110 valence electrons. The fraction of sp³-hybridized carbons (Fsp3) is 0.857. The van der Waals surface area contributed by atoms with Gasteiger partial charge in [0.05, 0.1) is 13.5 Å². The third-order valence-corrected chi connectivity index (χ3v) is 4.12. The number of guanidine groups is 1. The van der Waals surface area contributed by atoms with Gasteiger partial charge in [-0.05, 0) is 24.7 Å². The number of ether oxygens (including phenoxy) is 1. The summed E-state index contributed by atoms with van der Waals surface area (Å²) >= 11 is 0. The molecular formula is C14H27N3O2. The summed E-state index contributed by atoms with van der Waals surface area (Å²) in [4.78, 5) is 15.2. The van der Waals surface area contributed by atoms with E-state index in [9.17, 15) is 4.79 Å². The van der Waals surface area contributed by atoms with Crippen LogP contribution in [0.2, 0.25) is 0 Å². The molecule has 0 radical (unpaired) electrons. The molecule has 0 aliphatic heterocycles. The molecule has 0 aromatic carbocycles. The van der Waals surface area contributed by atoms with Crippen molar-refractivity contribution in [3.8, 4) is 0 Å². The predicted octanol–water partition coefficient (Wildman–Crippen LogP) is 1.68. The van der Waals surface area contributed by atoms with E-state index in [0.717, 1.165) is 12.5 Å². The van der Waals surface area contributed by atoms with Crippen LogP contribution in [-0.2, 0) is 9.53 Å². The van der Waals surface area contributed by atoms with Gasteiger partial charge in [-0.15, -0.1) is 0 Å². The summed E-state index contributed by atoms with van der Waals surface area (Å²) in [6.45, 7) is 3.77. The number of carbonyl (C=O) groups is 1. The smallest absolute Gasteiger partial charge is 0.307 e. The molecule has 19 heavy (non-hydrogen) atoms. The molecule has 1 rings (SSSR count). The first-order valence-corrected chi connectivity index (χ1v) is 7.17. The van der Waals surface area contributed by atoms with Crippen molar-refractivity contribution in [3.05, 3.63) is 0 Å². The second-order valence-corrected chi connectivity index (χ2v) is 5.24. The summed E-state index contributed by atoms with van der Waals surface area (Å²) in [6, 6.07) is 0. The zero-order valence-electron chi connectivity index (χ0n) is 12.4. The molecule has 0 amide bonds. The van der Waals surface area contributed by atoms with Gasteiger partial charge in [-0.3, -0.25) is 9.79 Å². The molecule has 0 spiro atoms.